The van der Waals surface area contributed by atoms with E-state index in [4.69, 9.17) is 5.11 Å². The molecule has 13 heavy (non-hydrogen) atoms. The van der Waals surface area contributed by atoms with Gasteiger partial charge in [-0.1, -0.05) is 13.2 Å². The number of ether oxygens (including phenoxy) is 1. The highest BCUT2D eigenvalue weighted by atomic mass is 16.5. The van der Waals surface area contributed by atoms with E-state index in [0.29, 0.717) is 6.29 Å². The van der Waals surface area contributed by atoms with Crippen LogP contribution in [-0.2, 0) is 14.3 Å². The van der Waals surface area contributed by atoms with E-state index in [1.54, 1.807) is 0 Å². The van der Waals surface area contributed by atoms with Crippen LogP contribution in [0, 0.1) is 0 Å². The maximum atomic E-state index is 10.1. The van der Waals surface area contributed by atoms with Gasteiger partial charge in [-0.3, -0.25) is 4.79 Å². The minimum atomic E-state index is -1.08. The number of carbonyl (C=O) groups excluding carboxylic acids is 1. The average molecular weight is 182 g/mol. The summed E-state index contributed by atoms with van der Waals surface area (Å²) in [5.74, 6) is -0.908. The summed E-state index contributed by atoms with van der Waals surface area (Å²) >= 11 is 0. The van der Waals surface area contributed by atoms with Crippen molar-refractivity contribution in [3.63, 3.8) is 0 Å². The third-order valence-corrected chi connectivity index (χ3v) is 1.02. The standard InChI is InChI=1S/C9H10O4/c1-7(5-10)3-4-8(2)13-6-9(11)12/h3-5H,1-2,6H2,(H,11,12)/b4-3-. The lowest BCUT2D eigenvalue weighted by molar-refractivity contribution is -0.140. The maximum absolute atomic E-state index is 10.1. The molecule has 0 radical (unpaired) electrons. The minimum Gasteiger partial charge on any atom is -0.483 e. The molecular weight excluding hydrogens is 172 g/mol. The van der Waals surface area contributed by atoms with Gasteiger partial charge in [-0.05, 0) is 12.2 Å². The molecule has 0 rings (SSSR count). The molecule has 0 aromatic heterocycles. The Morgan fingerprint density at radius 3 is 2.46 bits per heavy atom. The van der Waals surface area contributed by atoms with E-state index < -0.39 is 12.6 Å². The number of rotatable bonds is 6. The van der Waals surface area contributed by atoms with Gasteiger partial charge in [-0.2, -0.15) is 0 Å². The molecule has 1 N–H and O–H groups in total. The van der Waals surface area contributed by atoms with Gasteiger partial charge in [0.2, 0.25) is 0 Å². The van der Waals surface area contributed by atoms with Gasteiger partial charge in [0.15, 0.2) is 6.61 Å². The quantitative estimate of drug-likeness (QED) is 0.287. The summed E-state index contributed by atoms with van der Waals surface area (Å²) in [4.78, 5) is 20.1. The predicted octanol–water partition coefficient (Wildman–Crippen LogP) is 0.913. The molecule has 0 aromatic carbocycles. The summed E-state index contributed by atoms with van der Waals surface area (Å²) in [5.41, 5.74) is 0.264. The van der Waals surface area contributed by atoms with Crippen LogP contribution in [-0.4, -0.2) is 24.0 Å². The lowest BCUT2D eigenvalue weighted by Gasteiger charge is -2.00. The van der Waals surface area contributed by atoms with Crippen LogP contribution in [0.4, 0.5) is 0 Å². The van der Waals surface area contributed by atoms with Crippen molar-refractivity contribution in [1.29, 1.82) is 0 Å². The molecule has 4 nitrogen and oxygen atoms in total. The van der Waals surface area contributed by atoms with Crippen LogP contribution in [0.25, 0.3) is 0 Å². The van der Waals surface area contributed by atoms with E-state index in [2.05, 4.69) is 17.9 Å². The van der Waals surface area contributed by atoms with Gasteiger partial charge in [0.25, 0.3) is 0 Å². The molecule has 0 amide bonds. The van der Waals surface area contributed by atoms with Gasteiger partial charge < -0.3 is 9.84 Å². The number of aliphatic carboxylic acids is 1. The first kappa shape index (κ1) is 11.2. The van der Waals surface area contributed by atoms with Crippen LogP contribution in [0.3, 0.4) is 0 Å². The summed E-state index contributed by atoms with van der Waals surface area (Å²) in [5, 5.41) is 8.22. The first-order valence-corrected chi connectivity index (χ1v) is 3.42. The molecule has 0 aromatic rings. The zero-order valence-electron chi connectivity index (χ0n) is 7.03. The van der Waals surface area contributed by atoms with Gasteiger partial charge in [0.1, 0.15) is 12.0 Å². The van der Waals surface area contributed by atoms with Crippen molar-refractivity contribution >= 4 is 12.3 Å². The van der Waals surface area contributed by atoms with Crippen LogP contribution in [0.2, 0.25) is 0 Å². The van der Waals surface area contributed by atoms with Crippen molar-refractivity contribution in [3.05, 3.63) is 36.6 Å². The number of allylic oxidation sites excluding steroid dienone is 3. The summed E-state index contributed by atoms with van der Waals surface area (Å²) in [6.07, 6.45) is 3.33. The number of carboxylic acids is 1. The molecule has 4 heteroatoms. The normalized spacial score (nSPS) is 9.54. The molecule has 0 atom stereocenters. The van der Waals surface area contributed by atoms with Gasteiger partial charge in [-0.15, -0.1) is 0 Å². The largest absolute Gasteiger partial charge is 0.483 e. The van der Waals surface area contributed by atoms with E-state index in [0.717, 1.165) is 0 Å². The van der Waals surface area contributed by atoms with E-state index in [1.807, 2.05) is 0 Å². The Bertz CT molecular complexity index is 263. The highest BCUT2D eigenvalue weighted by Gasteiger charge is 1.96. The molecule has 0 heterocycles. The van der Waals surface area contributed by atoms with Crippen LogP contribution in [0.15, 0.2) is 36.6 Å². The molecular formula is C9H10O4. The molecule has 0 saturated heterocycles. The maximum Gasteiger partial charge on any atom is 0.341 e. The Hall–Kier alpha value is -1.84. The first-order valence-electron chi connectivity index (χ1n) is 3.42. The highest BCUT2D eigenvalue weighted by Crippen LogP contribution is 1.97. The number of hydrogen-bond acceptors (Lipinski definition) is 3. The second kappa shape index (κ2) is 5.77. The first-order chi connectivity index (χ1) is 6.06. The molecule has 0 unspecified atom stereocenters. The third-order valence-electron chi connectivity index (χ3n) is 1.02. The smallest absolute Gasteiger partial charge is 0.341 e. The summed E-state index contributed by atoms with van der Waals surface area (Å²) in [7, 11) is 0. The van der Waals surface area contributed by atoms with Crippen molar-refractivity contribution in [3.8, 4) is 0 Å². The van der Waals surface area contributed by atoms with Crippen LogP contribution < -0.4 is 0 Å². The fourth-order valence-corrected chi connectivity index (χ4v) is 0.442. The minimum absolute atomic E-state index is 0.172. The Morgan fingerprint density at radius 1 is 1.38 bits per heavy atom. The third kappa shape index (κ3) is 6.55. The second-order valence-corrected chi connectivity index (χ2v) is 2.17. The topological polar surface area (TPSA) is 63.6 Å². The van der Waals surface area contributed by atoms with Crippen molar-refractivity contribution < 1.29 is 19.4 Å². The molecule has 0 fully saturated rings. The SMILES string of the molecule is C=C(C=O)/C=C\C(=C)OCC(=O)O. The highest BCUT2D eigenvalue weighted by molar-refractivity contribution is 5.76. The predicted molar refractivity (Wildman–Crippen MR) is 47.1 cm³/mol. The molecule has 0 aliphatic carbocycles. The number of carboxylic acid groups (broad SMARTS) is 1. The number of hydrogen-bond donors (Lipinski definition) is 1. The van der Waals surface area contributed by atoms with Crippen molar-refractivity contribution in [2.45, 2.75) is 0 Å². The zero-order valence-corrected chi connectivity index (χ0v) is 7.03. The summed E-state index contributed by atoms with van der Waals surface area (Å²) in [6, 6.07) is 0. The number of carbonyl (C=O) groups is 2. The van der Waals surface area contributed by atoms with Gasteiger partial charge >= 0.3 is 5.97 Å². The van der Waals surface area contributed by atoms with Crippen molar-refractivity contribution in [2.75, 3.05) is 6.61 Å². The Morgan fingerprint density at radius 2 is 2.00 bits per heavy atom. The molecule has 0 aliphatic rings. The number of aldehydes is 1. The van der Waals surface area contributed by atoms with Gasteiger partial charge in [-0.25, -0.2) is 4.79 Å². The van der Waals surface area contributed by atoms with E-state index in [9.17, 15) is 9.59 Å². The van der Waals surface area contributed by atoms with Crippen molar-refractivity contribution in [1.82, 2.24) is 0 Å². The molecule has 0 saturated carbocycles. The molecule has 0 aliphatic heterocycles. The van der Waals surface area contributed by atoms with E-state index in [-0.39, 0.29) is 11.3 Å². The van der Waals surface area contributed by atoms with Crippen LogP contribution in [0.1, 0.15) is 0 Å². The monoisotopic (exact) mass is 182 g/mol. The second-order valence-electron chi connectivity index (χ2n) is 2.17. The van der Waals surface area contributed by atoms with Crippen molar-refractivity contribution in [2.24, 2.45) is 0 Å². The molecule has 0 spiro atoms. The Balaban J connectivity index is 3.87. The van der Waals surface area contributed by atoms with E-state index >= 15 is 0 Å². The summed E-state index contributed by atoms with van der Waals surface area (Å²) < 4.78 is 4.66. The molecule has 70 valence electrons. The summed E-state index contributed by atoms with van der Waals surface area (Å²) in [6.45, 7) is 6.33. The fraction of sp³-hybridized carbons (Fsp3) is 0.111. The van der Waals surface area contributed by atoms with Gasteiger partial charge in [0, 0.05) is 5.57 Å². The Labute approximate surface area is 75.8 Å². The lowest BCUT2D eigenvalue weighted by atomic mass is 10.3. The van der Waals surface area contributed by atoms with E-state index in [1.165, 1.54) is 12.2 Å². The fourth-order valence-electron chi connectivity index (χ4n) is 0.442. The van der Waals surface area contributed by atoms with Gasteiger partial charge in [0.05, 0.1) is 0 Å². The average Bonchev–Trinajstić information content (AvgIpc) is 2.10. The lowest BCUT2D eigenvalue weighted by Crippen LogP contribution is -2.05. The van der Waals surface area contributed by atoms with Crippen LogP contribution in [0.5, 0.6) is 0 Å². The zero-order chi connectivity index (χ0) is 10.3. The molecule has 0 bridgehead atoms. The van der Waals surface area contributed by atoms with Crippen LogP contribution >= 0.6 is 0 Å². The Kier molecular flexibility index (Phi) is 4.95.